The van der Waals surface area contributed by atoms with Crippen LogP contribution < -0.4 is 15.2 Å². The minimum Gasteiger partial charge on any atom is -0.493 e. The molecular weight excluding hydrogens is 401 g/mol. The molecule has 8 heteroatoms. The minimum absolute atomic E-state index is 0. The highest BCUT2D eigenvalue weighted by Crippen LogP contribution is 2.38. The number of methoxy groups -OCH3 is 1. The lowest BCUT2D eigenvalue weighted by Gasteiger charge is -2.34. The lowest BCUT2D eigenvalue weighted by molar-refractivity contribution is 0.229. The van der Waals surface area contributed by atoms with Crippen molar-refractivity contribution in [3.63, 3.8) is 0 Å². The lowest BCUT2D eigenvalue weighted by Crippen LogP contribution is -2.44. The van der Waals surface area contributed by atoms with Gasteiger partial charge in [0.2, 0.25) is 0 Å². The van der Waals surface area contributed by atoms with Gasteiger partial charge in [-0.3, -0.25) is 0 Å². The third-order valence-corrected chi connectivity index (χ3v) is 5.24. The van der Waals surface area contributed by atoms with E-state index in [2.05, 4.69) is 10.1 Å². The van der Waals surface area contributed by atoms with Gasteiger partial charge in [-0.05, 0) is 43.5 Å². The summed E-state index contributed by atoms with van der Waals surface area (Å²) in [6.07, 6.45) is 2.85. The molecule has 1 aliphatic carbocycles. The van der Waals surface area contributed by atoms with Crippen LogP contribution in [0.1, 0.15) is 30.7 Å². The van der Waals surface area contributed by atoms with Gasteiger partial charge in [0.1, 0.15) is 6.61 Å². The molecule has 0 saturated heterocycles. The number of aromatic nitrogens is 2. The molecule has 0 bridgehead atoms. The SMILES string of the molecule is COc1cc(-c2nc(C3(N)CCC3)no2)ccc1OCc1ccccc1Cl.Cl. The van der Waals surface area contributed by atoms with Gasteiger partial charge in [0.05, 0.1) is 12.6 Å². The van der Waals surface area contributed by atoms with Crippen molar-refractivity contribution in [2.45, 2.75) is 31.4 Å². The highest BCUT2D eigenvalue weighted by Gasteiger charge is 2.39. The van der Waals surface area contributed by atoms with Gasteiger partial charge in [-0.2, -0.15) is 4.98 Å². The van der Waals surface area contributed by atoms with E-state index in [1.807, 2.05) is 42.5 Å². The van der Waals surface area contributed by atoms with E-state index >= 15 is 0 Å². The second kappa shape index (κ2) is 8.39. The molecule has 0 amide bonds. The molecule has 4 rings (SSSR count). The molecule has 0 radical (unpaired) electrons. The van der Waals surface area contributed by atoms with Gasteiger partial charge in [0, 0.05) is 16.1 Å². The van der Waals surface area contributed by atoms with Gasteiger partial charge in [-0.1, -0.05) is 35.0 Å². The molecule has 3 aromatic rings. The molecular formula is C20H21Cl2N3O3. The Balaban J connectivity index is 0.00000225. The van der Waals surface area contributed by atoms with E-state index in [0.717, 1.165) is 30.4 Å². The van der Waals surface area contributed by atoms with E-state index in [1.165, 1.54) is 0 Å². The number of halogens is 2. The quantitative estimate of drug-likeness (QED) is 0.618. The number of nitrogens with zero attached hydrogens (tertiary/aromatic N) is 2. The van der Waals surface area contributed by atoms with Crippen LogP contribution in [-0.4, -0.2) is 17.3 Å². The van der Waals surface area contributed by atoms with Gasteiger partial charge in [0.25, 0.3) is 5.89 Å². The maximum absolute atomic E-state index is 6.26. The summed E-state index contributed by atoms with van der Waals surface area (Å²) in [6, 6.07) is 13.0. The molecule has 0 aliphatic heterocycles. The first-order valence-corrected chi connectivity index (χ1v) is 9.14. The monoisotopic (exact) mass is 421 g/mol. The summed E-state index contributed by atoms with van der Waals surface area (Å²) in [6.45, 7) is 0.343. The largest absolute Gasteiger partial charge is 0.493 e. The summed E-state index contributed by atoms with van der Waals surface area (Å²) < 4.78 is 16.7. The van der Waals surface area contributed by atoms with Crippen LogP contribution in [0.3, 0.4) is 0 Å². The Labute approximate surface area is 174 Å². The number of nitrogens with two attached hydrogens (primary N) is 1. The van der Waals surface area contributed by atoms with Gasteiger partial charge < -0.3 is 19.7 Å². The second-order valence-electron chi connectivity index (χ2n) is 6.68. The van der Waals surface area contributed by atoms with Crippen molar-refractivity contribution in [3.8, 4) is 23.0 Å². The van der Waals surface area contributed by atoms with E-state index < -0.39 is 5.54 Å². The van der Waals surface area contributed by atoms with Gasteiger partial charge in [-0.25, -0.2) is 0 Å². The van der Waals surface area contributed by atoms with Crippen LogP contribution in [0.15, 0.2) is 47.0 Å². The predicted molar refractivity (Wildman–Crippen MR) is 109 cm³/mol. The van der Waals surface area contributed by atoms with Crippen LogP contribution >= 0.6 is 24.0 Å². The fraction of sp³-hybridized carbons (Fsp3) is 0.300. The summed E-state index contributed by atoms with van der Waals surface area (Å²) in [4.78, 5) is 4.47. The number of hydrogen-bond acceptors (Lipinski definition) is 6. The van der Waals surface area contributed by atoms with E-state index in [-0.39, 0.29) is 12.4 Å². The standard InChI is InChI=1S/C20H20ClN3O3.ClH/c1-25-17-11-13(18-23-19(24-27-18)20(22)9-4-10-20)7-8-16(17)26-12-14-5-2-3-6-15(14)21;/h2-3,5-8,11H,4,9-10,12,22H2,1H3;1H. The first-order chi connectivity index (χ1) is 13.1. The Morgan fingerprint density at radius 3 is 2.64 bits per heavy atom. The molecule has 148 valence electrons. The van der Waals surface area contributed by atoms with Gasteiger partial charge in [-0.15, -0.1) is 12.4 Å². The number of rotatable bonds is 6. The van der Waals surface area contributed by atoms with Crippen LogP contribution in [0.5, 0.6) is 11.5 Å². The molecule has 0 unspecified atom stereocenters. The Kier molecular flexibility index (Phi) is 6.13. The summed E-state index contributed by atoms with van der Waals surface area (Å²) in [5.41, 5.74) is 7.46. The zero-order chi connectivity index (χ0) is 18.9. The van der Waals surface area contributed by atoms with Gasteiger partial charge in [0.15, 0.2) is 17.3 Å². The Morgan fingerprint density at radius 1 is 1.18 bits per heavy atom. The lowest BCUT2D eigenvalue weighted by atomic mass is 9.77. The Bertz CT molecular complexity index is 957. The van der Waals surface area contributed by atoms with E-state index in [1.54, 1.807) is 7.11 Å². The molecule has 6 nitrogen and oxygen atoms in total. The molecule has 1 aliphatic rings. The molecule has 0 spiro atoms. The first-order valence-electron chi connectivity index (χ1n) is 8.77. The molecule has 2 N–H and O–H groups in total. The fourth-order valence-corrected chi connectivity index (χ4v) is 3.21. The van der Waals surface area contributed by atoms with Gasteiger partial charge >= 0.3 is 0 Å². The van der Waals surface area contributed by atoms with Crippen LogP contribution in [-0.2, 0) is 12.1 Å². The van der Waals surface area contributed by atoms with Crippen LogP contribution in [0.2, 0.25) is 5.02 Å². The summed E-state index contributed by atoms with van der Waals surface area (Å²) in [7, 11) is 1.59. The number of ether oxygens (including phenoxy) is 2. The van der Waals surface area contributed by atoms with Crippen molar-refractivity contribution < 1.29 is 14.0 Å². The second-order valence-corrected chi connectivity index (χ2v) is 7.09. The number of hydrogen-bond donors (Lipinski definition) is 1. The van der Waals surface area contributed by atoms with Crippen molar-refractivity contribution in [2.75, 3.05) is 7.11 Å². The highest BCUT2D eigenvalue weighted by atomic mass is 35.5. The normalized spacial score (nSPS) is 14.7. The Hall–Kier alpha value is -2.28. The average Bonchev–Trinajstić information content (AvgIpc) is 3.16. The van der Waals surface area contributed by atoms with Crippen LogP contribution in [0, 0.1) is 0 Å². The fourth-order valence-electron chi connectivity index (χ4n) is 3.02. The minimum atomic E-state index is -0.455. The molecule has 28 heavy (non-hydrogen) atoms. The van der Waals surface area contributed by atoms with Crippen molar-refractivity contribution >= 4 is 24.0 Å². The molecule has 1 fully saturated rings. The smallest absolute Gasteiger partial charge is 0.258 e. The van der Waals surface area contributed by atoms with Crippen molar-refractivity contribution in [1.29, 1.82) is 0 Å². The third-order valence-electron chi connectivity index (χ3n) is 4.87. The molecule has 0 atom stereocenters. The average molecular weight is 422 g/mol. The molecule has 1 aromatic heterocycles. The van der Waals surface area contributed by atoms with Crippen molar-refractivity contribution in [1.82, 2.24) is 10.1 Å². The van der Waals surface area contributed by atoms with E-state index in [4.69, 9.17) is 31.3 Å². The molecule has 2 aromatic carbocycles. The zero-order valence-corrected chi connectivity index (χ0v) is 16.9. The summed E-state index contributed by atoms with van der Waals surface area (Å²) >= 11 is 6.18. The van der Waals surface area contributed by atoms with Crippen molar-refractivity contribution in [2.24, 2.45) is 5.73 Å². The topological polar surface area (TPSA) is 83.4 Å². The summed E-state index contributed by atoms with van der Waals surface area (Å²) in [5, 5.41) is 4.72. The number of benzene rings is 2. The zero-order valence-electron chi connectivity index (χ0n) is 15.4. The molecule has 1 saturated carbocycles. The Morgan fingerprint density at radius 2 is 1.96 bits per heavy atom. The summed E-state index contributed by atoms with van der Waals surface area (Å²) in [5.74, 6) is 2.15. The third kappa shape index (κ3) is 3.94. The van der Waals surface area contributed by atoms with Crippen LogP contribution in [0.25, 0.3) is 11.5 Å². The maximum Gasteiger partial charge on any atom is 0.258 e. The van der Waals surface area contributed by atoms with Crippen LogP contribution in [0.4, 0.5) is 0 Å². The van der Waals surface area contributed by atoms with E-state index in [0.29, 0.717) is 34.8 Å². The maximum atomic E-state index is 6.26. The van der Waals surface area contributed by atoms with Crippen molar-refractivity contribution in [3.05, 3.63) is 58.9 Å². The predicted octanol–water partition coefficient (Wildman–Crippen LogP) is 4.74. The first kappa shape index (κ1) is 20.5. The van der Waals surface area contributed by atoms with E-state index in [9.17, 15) is 0 Å². The molecule has 1 heterocycles. The highest BCUT2D eigenvalue weighted by molar-refractivity contribution is 6.31.